The van der Waals surface area contributed by atoms with Gasteiger partial charge in [-0.2, -0.15) is 0 Å². The van der Waals surface area contributed by atoms with E-state index in [1.165, 1.54) is 0 Å². The number of carbonyl (C=O) groups is 1. The number of alkyl halides is 1. The minimum atomic E-state index is -0.497. The van der Waals surface area contributed by atoms with Crippen molar-refractivity contribution in [1.82, 2.24) is 4.98 Å². The van der Waals surface area contributed by atoms with Crippen LogP contribution in [0.2, 0.25) is 0 Å². The van der Waals surface area contributed by atoms with Crippen LogP contribution in [0.4, 0.5) is 0 Å². The summed E-state index contributed by atoms with van der Waals surface area (Å²) < 4.78 is 0.950. The molecule has 78 valence electrons. The van der Waals surface area contributed by atoms with Crippen molar-refractivity contribution < 1.29 is 4.79 Å². The van der Waals surface area contributed by atoms with Gasteiger partial charge in [0.2, 0.25) is 0 Å². The molecule has 0 aliphatic carbocycles. The first kappa shape index (κ1) is 10.7. The molecule has 2 rings (SSSR count). The summed E-state index contributed by atoms with van der Waals surface area (Å²) in [4.78, 5) is 14.8. The zero-order valence-electron chi connectivity index (χ0n) is 8.05. The van der Waals surface area contributed by atoms with Gasteiger partial charge < -0.3 is 4.98 Å². The summed E-state index contributed by atoms with van der Waals surface area (Å²) >= 11 is 9.16. The number of H-pyrrole nitrogens is 1. The molecule has 0 amide bonds. The number of nitrogens with one attached hydrogen (secondary N) is 1. The normalized spacial score (nSPS) is 13.0. The summed E-state index contributed by atoms with van der Waals surface area (Å²) in [6, 6.07) is 5.77. The Kier molecular flexibility index (Phi) is 2.85. The number of hydrogen-bond acceptors (Lipinski definition) is 1. The van der Waals surface area contributed by atoms with Gasteiger partial charge in [-0.1, -0.05) is 15.9 Å². The van der Waals surface area contributed by atoms with Gasteiger partial charge in [0, 0.05) is 27.1 Å². The van der Waals surface area contributed by atoms with Crippen LogP contribution in [0.1, 0.15) is 17.3 Å². The first-order valence-corrected chi connectivity index (χ1v) is 5.77. The highest BCUT2D eigenvalue weighted by Gasteiger charge is 2.16. The summed E-state index contributed by atoms with van der Waals surface area (Å²) in [5.74, 6) is -0.0546. The molecule has 4 heteroatoms. The average molecular weight is 287 g/mol. The van der Waals surface area contributed by atoms with E-state index < -0.39 is 5.38 Å². The number of aromatic nitrogens is 1. The highest BCUT2D eigenvalue weighted by molar-refractivity contribution is 9.10. The Morgan fingerprint density at radius 3 is 2.93 bits per heavy atom. The second kappa shape index (κ2) is 3.99. The van der Waals surface area contributed by atoms with Crippen LogP contribution in [0.5, 0.6) is 0 Å². The number of ketones is 1. The molecular formula is C11H9BrClNO. The topological polar surface area (TPSA) is 32.9 Å². The maximum Gasteiger partial charge on any atom is 0.182 e. The minimum absolute atomic E-state index is 0.0546. The third-order valence-corrected chi connectivity index (χ3v) is 2.96. The largest absolute Gasteiger partial charge is 0.360 e. The lowest BCUT2D eigenvalue weighted by molar-refractivity contribution is 0.0993. The van der Waals surface area contributed by atoms with Crippen LogP contribution < -0.4 is 0 Å². The van der Waals surface area contributed by atoms with Crippen molar-refractivity contribution >= 4 is 44.2 Å². The van der Waals surface area contributed by atoms with Gasteiger partial charge in [0.05, 0.1) is 5.38 Å². The lowest BCUT2D eigenvalue weighted by atomic mass is 10.1. The number of carbonyl (C=O) groups excluding carboxylic acids is 1. The van der Waals surface area contributed by atoms with Crippen LogP contribution in [-0.4, -0.2) is 16.1 Å². The summed E-state index contributed by atoms with van der Waals surface area (Å²) in [6.45, 7) is 1.68. The summed E-state index contributed by atoms with van der Waals surface area (Å²) in [5.41, 5.74) is 1.59. The highest BCUT2D eigenvalue weighted by Crippen LogP contribution is 2.24. The molecule has 15 heavy (non-hydrogen) atoms. The fraction of sp³-hybridized carbons (Fsp3) is 0.182. The van der Waals surface area contributed by atoms with E-state index in [1.807, 2.05) is 18.2 Å². The maximum atomic E-state index is 11.8. The molecular weight excluding hydrogens is 277 g/mol. The molecule has 0 aliphatic rings. The molecule has 0 saturated heterocycles. The Bertz CT molecular complexity index is 518. The van der Waals surface area contributed by atoms with Gasteiger partial charge in [0.25, 0.3) is 0 Å². The van der Waals surface area contributed by atoms with Gasteiger partial charge >= 0.3 is 0 Å². The second-order valence-corrected chi connectivity index (χ2v) is 4.94. The molecule has 0 radical (unpaired) electrons. The van der Waals surface area contributed by atoms with Crippen LogP contribution in [0.3, 0.4) is 0 Å². The molecule has 2 aromatic rings. The van der Waals surface area contributed by atoms with Crippen molar-refractivity contribution in [3.05, 3.63) is 34.4 Å². The van der Waals surface area contributed by atoms with Gasteiger partial charge in [-0.15, -0.1) is 11.6 Å². The van der Waals surface area contributed by atoms with Crippen molar-refractivity contribution in [2.24, 2.45) is 0 Å². The quantitative estimate of drug-likeness (QED) is 0.662. The number of benzene rings is 1. The molecule has 0 saturated carbocycles. The van der Waals surface area contributed by atoms with E-state index in [0.29, 0.717) is 5.56 Å². The molecule has 1 aromatic heterocycles. The second-order valence-electron chi connectivity index (χ2n) is 3.37. The Balaban J connectivity index is 2.62. The zero-order valence-corrected chi connectivity index (χ0v) is 10.4. The number of rotatable bonds is 2. The van der Waals surface area contributed by atoms with Crippen molar-refractivity contribution in [3.8, 4) is 0 Å². The van der Waals surface area contributed by atoms with Crippen LogP contribution >= 0.6 is 27.5 Å². The number of halogens is 2. The van der Waals surface area contributed by atoms with E-state index in [2.05, 4.69) is 20.9 Å². The Hall–Kier alpha value is -0.800. The van der Waals surface area contributed by atoms with E-state index in [-0.39, 0.29) is 5.78 Å². The van der Waals surface area contributed by atoms with E-state index in [4.69, 9.17) is 11.6 Å². The molecule has 0 fully saturated rings. The fourth-order valence-corrected chi connectivity index (χ4v) is 1.99. The van der Waals surface area contributed by atoms with Crippen LogP contribution in [-0.2, 0) is 0 Å². The van der Waals surface area contributed by atoms with Gasteiger partial charge in [-0.05, 0) is 25.1 Å². The van der Waals surface area contributed by atoms with E-state index in [1.54, 1.807) is 13.1 Å². The Labute approximate surface area is 101 Å². The van der Waals surface area contributed by atoms with Crippen LogP contribution in [0.15, 0.2) is 28.9 Å². The molecule has 0 spiro atoms. The van der Waals surface area contributed by atoms with E-state index in [0.717, 1.165) is 15.4 Å². The van der Waals surface area contributed by atoms with E-state index >= 15 is 0 Å². The molecule has 0 bridgehead atoms. The van der Waals surface area contributed by atoms with Crippen LogP contribution in [0, 0.1) is 0 Å². The number of aromatic amines is 1. The van der Waals surface area contributed by atoms with Crippen LogP contribution in [0.25, 0.3) is 10.9 Å². The number of Topliss-reactive ketones (excluding diaryl/α,β-unsaturated/α-hetero) is 1. The lowest BCUT2D eigenvalue weighted by Gasteiger charge is -2.00. The summed E-state index contributed by atoms with van der Waals surface area (Å²) in [5, 5.41) is 0.407. The SMILES string of the molecule is CC(Cl)C(=O)c1c[nH]c2ccc(Br)cc12. The summed E-state index contributed by atoms with van der Waals surface area (Å²) in [7, 11) is 0. The Morgan fingerprint density at radius 2 is 2.27 bits per heavy atom. The molecule has 1 N–H and O–H groups in total. The number of hydrogen-bond donors (Lipinski definition) is 1. The number of fused-ring (bicyclic) bond motifs is 1. The minimum Gasteiger partial charge on any atom is -0.360 e. The zero-order chi connectivity index (χ0) is 11.0. The third-order valence-electron chi connectivity index (χ3n) is 2.27. The summed E-state index contributed by atoms with van der Waals surface area (Å²) in [6.07, 6.45) is 1.71. The average Bonchev–Trinajstić information content (AvgIpc) is 2.59. The molecule has 1 aromatic carbocycles. The van der Waals surface area contributed by atoms with Crippen molar-refractivity contribution in [1.29, 1.82) is 0 Å². The third kappa shape index (κ3) is 1.94. The van der Waals surface area contributed by atoms with E-state index in [9.17, 15) is 4.79 Å². The predicted octanol–water partition coefficient (Wildman–Crippen LogP) is 3.74. The van der Waals surface area contributed by atoms with Crippen molar-refractivity contribution in [2.45, 2.75) is 12.3 Å². The molecule has 1 heterocycles. The van der Waals surface area contributed by atoms with Crippen molar-refractivity contribution in [2.75, 3.05) is 0 Å². The van der Waals surface area contributed by atoms with Gasteiger partial charge in [-0.25, -0.2) is 0 Å². The van der Waals surface area contributed by atoms with Gasteiger partial charge in [0.15, 0.2) is 5.78 Å². The lowest BCUT2D eigenvalue weighted by Crippen LogP contribution is -2.09. The van der Waals surface area contributed by atoms with Gasteiger partial charge in [0.1, 0.15) is 0 Å². The van der Waals surface area contributed by atoms with Gasteiger partial charge in [-0.3, -0.25) is 4.79 Å². The first-order chi connectivity index (χ1) is 7.09. The fourth-order valence-electron chi connectivity index (χ4n) is 1.51. The molecule has 1 atom stereocenters. The molecule has 1 unspecified atom stereocenters. The molecule has 0 aliphatic heterocycles. The molecule has 2 nitrogen and oxygen atoms in total. The van der Waals surface area contributed by atoms with Crippen molar-refractivity contribution in [3.63, 3.8) is 0 Å². The first-order valence-electron chi connectivity index (χ1n) is 4.54. The smallest absolute Gasteiger partial charge is 0.182 e. The maximum absolute atomic E-state index is 11.8. The Morgan fingerprint density at radius 1 is 1.53 bits per heavy atom. The highest BCUT2D eigenvalue weighted by atomic mass is 79.9. The standard InChI is InChI=1S/C11H9BrClNO/c1-6(13)11(15)9-5-14-10-3-2-7(12)4-8(9)10/h2-6,14H,1H3. The monoisotopic (exact) mass is 285 g/mol. The predicted molar refractivity (Wildman–Crippen MR) is 65.6 cm³/mol.